The van der Waals surface area contributed by atoms with Gasteiger partial charge in [-0.3, -0.25) is 10.1 Å². The smallest absolute Gasteiger partial charge is 0.269 e. The fraction of sp³-hybridized carbons (Fsp3) is 0.294. The molecule has 108 valence electrons. The van der Waals surface area contributed by atoms with Gasteiger partial charge in [-0.1, -0.05) is 36.4 Å². The molecule has 0 aromatic heterocycles. The molecule has 0 spiro atoms. The van der Waals surface area contributed by atoms with E-state index in [1.807, 2.05) is 18.2 Å². The molecule has 3 rings (SSSR count). The van der Waals surface area contributed by atoms with Crippen LogP contribution < -0.4 is 5.73 Å². The van der Waals surface area contributed by atoms with Crippen molar-refractivity contribution < 1.29 is 4.92 Å². The third-order valence-electron chi connectivity index (χ3n) is 4.29. The average Bonchev–Trinajstić information content (AvgIpc) is 2.48. The standard InChI is InChI=1S/C17H18N2O2/c18-17(11-3-5-14-4-1-2-6-16(14)17)12-13-7-9-15(10-8-13)19(20)21/h1-2,4,6-10H,3,5,11-12,18H2. The summed E-state index contributed by atoms with van der Waals surface area (Å²) in [5, 5.41) is 10.7. The zero-order valence-electron chi connectivity index (χ0n) is 11.8. The van der Waals surface area contributed by atoms with Gasteiger partial charge in [0.05, 0.1) is 4.92 Å². The molecule has 0 amide bonds. The van der Waals surface area contributed by atoms with Gasteiger partial charge in [0.25, 0.3) is 5.69 Å². The Labute approximate surface area is 123 Å². The van der Waals surface area contributed by atoms with Crippen LogP contribution in [0.25, 0.3) is 0 Å². The molecule has 21 heavy (non-hydrogen) atoms. The van der Waals surface area contributed by atoms with E-state index in [0.29, 0.717) is 6.42 Å². The number of nitrogens with zero attached hydrogens (tertiary/aromatic N) is 1. The summed E-state index contributed by atoms with van der Waals surface area (Å²) in [6.07, 6.45) is 3.82. The van der Waals surface area contributed by atoms with Gasteiger partial charge in [0.15, 0.2) is 0 Å². The Hall–Kier alpha value is -2.20. The number of nitro benzene ring substituents is 1. The maximum Gasteiger partial charge on any atom is 0.269 e. The third-order valence-corrected chi connectivity index (χ3v) is 4.29. The SMILES string of the molecule is NC1(Cc2ccc([N+](=O)[O-])cc2)CCCc2ccccc21. The lowest BCUT2D eigenvalue weighted by Gasteiger charge is -2.36. The molecule has 0 fully saturated rings. The predicted molar refractivity (Wildman–Crippen MR) is 82.0 cm³/mol. The summed E-state index contributed by atoms with van der Waals surface area (Å²) in [4.78, 5) is 10.3. The summed E-state index contributed by atoms with van der Waals surface area (Å²) >= 11 is 0. The Bertz CT molecular complexity index is 667. The zero-order chi connectivity index (χ0) is 14.9. The number of benzene rings is 2. The highest BCUT2D eigenvalue weighted by atomic mass is 16.6. The lowest BCUT2D eigenvalue weighted by atomic mass is 9.74. The molecular weight excluding hydrogens is 264 g/mol. The third kappa shape index (κ3) is 2.67. The summed E-state index contributed by atoms with van der Waals surface area (Å²) < 4.78 is 0. The number of non-ortho nitro benzene ring substituents is 1. The molecule has 2 N–H and O–H groups in total. The Kier molecular flexibility index (Phi) is 3.47. The van der Waals surface area contributed by atoms with Gasteiger partial charge in [-0.25, -0.2) is 0 Å². The van der Waals surface area contributed by atoms with Crippen LogP contribution >= 0.6 is 0 Å². The van der Waals surface area contributed by atoms with E-state index in [-0.39, 0.29) is 16.1 Å². The van der Waals surface area contributed by atoms with Crippen molar-refractivity contribution >= 4 is 5.69 Å². The second-order valence-electron chi connectivity index (χ2n) is 5.77. The second kappa shape index (κ2) is 5.30. The van der Waals surface area contributed by atoms with Crippen molar-refractivity contribution in [2.75, 3.05) is 0 Å². The predicted octanol–water partition coefficient (Wildman–Crippen LogP) is 3.33. The van der Waals surface area contributed by atoms with Gasteiger partial charge in [-0.15, -0.1) is 0 Å². The minimum absolute atomic E-state index is 0.119. The Morgan fingerprint density at radius 1 is 1.14 bits per heavy atom. The fourth-order valence-corrected chi connectivity index (χ4v) is 3.24. The monoisotopic (exact) mass is 282 g/mol. The number of hydrogen-bond donors (Lipinski definition) is 1. The minimum Gasteiger partial charge on any atom is -0.321 e. The van der Waals surface area contributed by atoms with Gasteiger partial charge < -0.3 is 5.73 Å². The number of hydrogen-bond acceptors (Lipinski definition) is 3. The maximum atomic E-state index is 10.7. The lowest BCUT2D eigenvalue weighted by Crippen LogP contribution is -2.42. The maximum absolute atomic E-state index is 10.7. The van der Waals surface area contributed by atoms with E-state index in [1.165, 1.54) is 11.1 Å². The quantitative estimate of drug-likeness (QED) is 0.693. The molecule has 1 aliphatic rings. The van der Waals surface area contributed by atoms with Crippen LogP contribution in [0.1, 0.15) is 29.5 Å². The average molecular weight is 282 g/mol. The normalized spacial score (nSPS) is 20.8. The molecule has 0 heterocycles. The van der Waals surface area contributed by atoms with Gasteiger partial charge in [0.1, 0.15) is 0 Å². The summed E-state index contributed by atoms with van der Waals surface area (Å²) in [5.74, 6) is 0. The molecule has 1 aliphatic carbocycles. The van der Waals surface area contributed by atoms with Gasteiger partial charge in [0.2, 0.25) is 0 Å². The van der Waals surface area contributed by atoms with Crippen LogP contribution in [0.5, 0.6) is 0 Å². The second-order valence-corrected chi connectivity index (χ2v) is 5.77. The molecule has 2 aromatic carbocycles. The molecule has 0 saturated heterocycles. The van der Waals surface area contributed by atoms with Crippen molar-refractivity contribution in [3.05, 3.63) is 75.3 Å². The highest BCUT2D eigenvalue weighted by Gasteiger charge is 2.32. The fourth-order valence-electron chi connectivity index (χ4n) is 3.24. The molecule has 0 radical (unpaired) electrons. The molecule has 4 nitrogen and oxygen atoms in total. The lowest BCUT2D eigenvalue weighted by molar-refractivity contribution is -0.384. The van der Waals surface area contributed by atoms with E-state index >= 15 is 0 Å². The van der Waals surface area contributed by atoms with Crippen LogP contribution in [0.4, 0.5) is 5.69 Å². The van der Waals surface area contributed by atoms with E-state index in [0.717, 1.165) is 24.8 Å². The van der Waals surface area contributed by atoms with Crippen molar-refractivity contribution in [2.45, 2.75) is 31.2 Å². The first kappa shape index (κ1) is 13.8. The van der Waals surface area contributed by atoms with Crippen molar-refractivity contribution in [3.63, 3.8) is 0 Å². The van der Waals surface area contributed by atoms with E-state index in [9.17, 15) is 10.1 Å². The van der Waals surface area contributed by atoms with Crippen LogP contribution in [0.3, 0.4) is 0 Å². The minimum atomic E-state index is -0.377. The van der Waals surface area contributed by atoms with Crippen LogP contribution in [0.2, 0.25) is 0 Å². The summed E-state index contributed by atoms with van der Waals surface area (Å²) in [7, 11) is 0. The van der Waals surface area contributed by atoms with Gasteiger partial charge >= 0.3 is 0 Å². The summed E-state index contributed by atoms with van der Waals surface area (Å²) in [6.45, 7) is 0. The first-order chi connectivity index (χ1) is 10.1. The van der Waals surface area contributed by atoms with Crippen LogP contribution in [-0.4, -0.2) is 4.92 Å². The number of nitrogens with two attached hydrogens (primary N) is 1. The zero-order valence-corrected chi connectivity index (χ0v) is 11.8. The summed E-state index contributed by atoms with van der Waals surface area (Å²) in [5.41, 5.74) is 10.0. The highest BCUT2D eigenvalue weighted by molar-refractivity contribution is 5.39. The molecule has 1 atom stereocenters. The van der Waals surface area contributed by atoms with Gasteiger partial charge in [0, 0.05) is 17.7 Å². The molecule has 4 heteroatoms. The van der Waals surface area contributed by atoms with Crippen LogP contribution in [-0.2, 0) is 18.4 Å². The van der Waals surface area contributed by atoms with Crippen molar-refractivity contribution in [1.29, 1.82) is 0 Å². The number of aryl methyl sites for hydroxylation is 1. The Morgan fingerprint density at radius 2 is 1.86 bits per heavy atom. The highest BCUT2D eigenvalue weighted by Crippen LogP contribution is 2.36. The molecule has 0 saturated carbocycles. The van der Waals surface area contributed by atoms with Crippen molar-refractivity contribution in [2.24, 2.45) is 5.73 Å². The number of fused-ring (bicyclic) bond motifs is 1. The first-order valence-electron chi connectivity index (χ1n) is 7.19. The van der Waals surface area contributed by atoms with E-state index in [2.05, 4.69) is 18.2 Å². The molecule has 0 aliphatic heterocycles. The van der Waals surface area contributed by atoms with Crippen LogP contribution in [0.15, 0.2) is 48.5 Å². The van der Waals surface area contributed by atoms with E-state index in [1.54, 1.807) is 12.1 Å². The Morgan fingerprint density at radius 3 is 2.57 bits per heavy atom. The Balaban J connectivity index is 1.89. The van der Waals surface area contributed by atoms with Crippen LogP contribution in [0, 0.1) is 10.1 Å². The molecule has 1 unspecified atom stereocenters. The van der Waals surface area contributed by atoms with Crippen molar-refractivity contribution in [1.82, 2.24) is 0 Å². The molecule has 0 bridgehead atoms. The largest absolute Gasteiger partial charge is 0.321 e. The number of rotatable bonds is 3. The van der Waals surface area contributed by atoms with Crippen molar-refractivity contribution in [3.8, 4) is 0 Å². The topological polar surface area (TPSA) is 69.2 Å². The van der Waals surface area contributed by atoms with E-state index < -0.39 is 0 Å². The summed E-state index contributed by atoms with van der Waals surface area (Å²) in [6, 6.07) is 15.1. The van der Waals surface area contributed by atoms with Gasteiger partial charge in [-0.2, -0.15) is 0 Å². The van der Waals surface area contributed by atoms with Gasteiger partial charge in [-0.05, 0) is 42.4 Å². The molecular formula is C17H18N2O2. The first-order valence-corrected chi connectivity index (χ1v) is 7.19. The number of nitro groups is 1. The molecule has 2 aromatic rings. The van der Waals surface area contributed by atoms with E-state index in [4.69, 9.17) is 5.73 Å².